The van der Waals surface area contributed by atoms with Crippen LogP contribution in [0.5, 0.6) is 0 Å². The standard InChI is InChI=1S/C16H26FNO2S/c1-2-3-4-5-6-7-8-11-14-18-21(19,20)16-13-10-9-12-15(16)17/h9-10,12-13,18H,2-8,11,14H2,1H3. The van der Waals surface area contributed by atoms with Crippen molar-refractivity contribution < 1.29 is 12.8 Å². The van der Waals surface area contributed by atoms with Crippen molar-refractivity contribution in [3.05, 3.63) is 30.1 Å². The first kappa shape index (κ1) is 18.1. The molecule has 0 unspecified atom stereocenters. The fraction of sp³-hybridized carbons (Fsp3) is 0.625. The highest BCUT2D eigenvalue weighted by atomic mass is 32.2. The van der Waals surface area contributed by atoms with Gasteiger partial charge in [-0.2, -0.15) is 0 Å². The highest BCUT2D eigenvalue weighted by molar-refractivity contribution is 7.89. The summed E-state index contributed by atoms with van der Waals surface area (Å²) in [6, 6.07) is 5.44. The molecule has 0 saturated heterocycles. The first-order chi connectivity index (χ1) is 10.1. The summed E-state index contributed by atoms with van der Waals surface area (Å²) >= 11 is 0. The monoisotopic (exact) mass is 315 g/mol. The molecule has 0 spiro atoms. The van der Waals surface area contributed by atoms with Gasteiger partial charge in [-0.1, -0.05) is 64.0 Å². The molecule has 0 aliphatic rings. The van der Waals surface area contributed by atoms with Crippen LogP contribution in [-0.4, -0.2) is 15.0 Å². The molecule has 1 aromatic carbocycles. The van der Waals surface area contributed by atoms with E-state index >= 15 is 0 Å². The number of hydrogen-bond donors (Lipinski definition) is 1. The normalized spacial score (nSPS) is 11.7. The summed E-state index contributed by atoms with van der Waals surface area (Å²) < 4.78 is 39.7. The number of sulfonamides is 1. The van der Waals surface area contributed by atoms with Crippen LogP contribution in [0.1, 0.15) is 58.3 Å². The molecule has 0 heterocycles. The van der Waals surface area contributed by atoms with Crippen LogP contribution in [0.3, 0.4) is 0 Å². The SMILES string of the molecule is CCCCCCCCCCNS(=O)(=O)c1ccccc1F. The van der Waals surface area contributed by atoms with E-state index in [4.69, 9.17) is 0 Å². The molecule has 0 radical (unpaired) electrons. The first-order valence-corrected chi connectivity index (χ1v) is 9.30. The molecule has 0 aromatic heterocycles. The third-order valence-corrected chi connectivity index (χ3v) is 4.94. The Bertz CT molecular complexity index is 503. The number of benzene rings is 1. The fourth-order valence-corrected chi connectivity index (χ4v) is 3.36. The molecule has 5 heteroatoms. The van der Waals surface area contributed by atoms with Crippen LogP contribution >= 0.6 is 0 Å². The third-order valence-electron chi connectivity index (χ3n) is 3.45. The van der Waals surface area contributed by atoms with E-state index in [-0.39, 0.29) is 4.90 Å². The summed E-state index contributed by atoms with van der Waals surface area (Å²) in [5, 5.41) is 0. The fourth-order valence-electron chi connectivity index (χ4n) is 2.21. The lowest BCUT2D eigenvalue weighted by Gasteiger charge is -2.07. The van der Waals surface area contributed by atoms with Crippen molar-refractivity contribution in [1.29, 1.82) is 0 Å². The largest absolute Gasteiger partial charge is 0.243 e. The molecular formula is C16H26FNO2S. The van der Waals surface area contributed by atoms with Gasteiger partial charge < -0.3 is 0 Å². The van der Waals surface area contributed by atoms with Crippen LogP contribution in [0.4, 0.5) is 4.39 Å². The maximum absolute atomic E-state index is 13.4. The van der Waals surface area contributed by atoms with Gasteiger partial charge in [0.15, 0.2) is 0 Å². The molecule has 3 nitrogen and oxygen atoms in total. The van der Waals surface area contributed by atoms with E-state index in [0.29, 0.717) is 6.54 Å². The number of nitrogens with one attached hydrogen (secondary N) is 1. The van der Waals surface area contributed by atoms with Crippen LogP contribution < -0.4 is 4.72 Å². The van der Waals surface area contributed by atoms with E-state index < -0.39 is 15.8 Å². The van der Waals surface area contributed by atoms with Crippen molar-refractivity contribution in [3.8, 4) is 0 Å². The topological polar surface area (TPSA) is 46.2 Å². The Hall–Kier alpha value is -0.940. The van der Waals surface area contributed by atoms with E-state index in [0.717, 1.165) is 25.3 Å². The second kappa shape index (κ2) is 9.90. The molecule has 120 valence electrons. The first-order valence-electron chi connectivity index (χ1n) is 7.82. The molecule has 1 N–H and O–H groups in total. The highest BCUT2D eigenvalue weighted by Gasteiger charge is 2.17. The summed E-state index contributed by atoms with van der Waals surface area (Å²) in [6.07, 6.45) is 9.23. The van der Waals surface area contributed by atoms with E-state index in [1.165, 1.54) is 50.3 Å². The zero-order chi connectivity index (χ0) is 15.6. The Labute approximate surface area is 128 Å². The van der Waals surface area contributed by atoms with E-state index in [2.05, 4.69) is 11.6 Å². The summed E-state index contributed by atoms with van der Waals surface area (Å²) in [7, 11) is -3.72. The van der Waals surface area contributed by atoms with Crippen molar-refractivity contribution in [2.45, 2.75) is 63.2 Å². The van der Waals surface area contributed by atoms with Gasteiger partial charge in [-0.25, -0.2) is 17.5 Å². The van der Waals surface area contributed by atoms with Crippen LogP contribution in [-0.2, 0) is 10.0 Å². The van der Waals surface area contributed by atoms with Gasteiger partial charge in [0.2, 0.25) is 10.0 Å². The molecule has 0 saturated carbocycles. The average molecular weight is 315 g/mol. The van der Waals surface area contributed by atoms with Gasteiger partial charge >= 0.3 is 0 Å². The predicted molar refractivity (Wildman–Crippen MR) is 84.2 cm³/mol. The van der Waals surface area contributed by atoms with Gasteiger partial charge in [-0.15, -0.1) is 0 Å². The average Bonchev–Trinajstić information content (AvgIpc) is 2.46. The molecule has 0 bridgehead atoms. The summed E-state index contributed by atoms with van der Waals surface area (Å²) in [6.45, 7) is 2.56. The van der Waals surface area contributed by atoms with Crippen molar-refractivity contribution in [1.82, 2.24) is 4.72 Å². The second-order valence-corrected chi connectivity index (χ2v) is 7.04. The van der Waals surface area contributed by atoms with Gasteiger partial charge in [-0.05, 0) is 18.6 Å². The number of unbranched alkanes of at least 4 members (excludes halogenated alkanes) is 7. The van der Waals surface area contributed by atoms with Crippen LogP contribution in [0.25, 0.3) is 0 Å². The minimum atomic E-state index is -3.72. The maximum atomic E-state index is 13.4. The van der Waals surface area contributed by atoms with E-state index in [1.54, 1.807) is 0 Å². The Morgan fingerprint density at radius 1 is 0.952 bits per heavy atom. The van der Waals surface area contributed by atoms with E-state index in [9.17, 15) is 12.8 Å². The molecule has 1 rings (SSSR count). The summed E-state index contributed by atoms with van der Waals surface area (Å²) in [5.41, 5.74) is 0. The quantitative estimate of drug-likeness (QED) is 0.621. The summed E-state index contributed by atoms with van der Waals surface area (Å²) in [5.74, 6) is -0.707. The Morgan fingerprint density at radius 3 is 2.14 bits per heavy atom. The Morgan fingerprint density at radius 2 is 1.52 bits per heavy atom. The van der Waals surface area contributed by atoms with Crippen molar-refractivity contribution in [2.75, 3.05) is 6.54 Å². The molecule has 21 heavy (non-hydrogen) atoms. The van der Waals surface area contributed by atoms with Gasteiger partial charge in [0.25, 0.3) is 0 Å². The molecule has 0 amide bonds. The van der Waals surface area contributed by atoms with Crippen molar-refractivity contribution >= 4 is 10.0 Å². The van der Waals surface area contributed by atoms with Crippen molar-refractivity contribution in [2.24, 2.45) is 0 Å². The van der Waals surface area contributed by atoms with E-state index in [1.807, 2.05) is 0 Å². The molecular weight excluding hydrogens is 289 g/mol. The maximum Gasteiger partial charge on any atom is 0.243 e. The smallest absolute Gasteiger partial charge is 0.211 e. The van der Waals surface area contributed by atoms with Crippen molar-refractivity contribution in [3.63, 3.8) is 0 Å². The van der Waals surface area contributed by atoms with Crippen LogP contribution in [0.15, 0.2) is 29.2 Å². The van der Waals surface area contributed by atoms with Gasteiger partial charge in [0, 0.05) is 6.54 Å². The summed E-state index contributed by atoms with van der Waals surface area (Å²) in [4.78, 5) is -0.274. The Kier molecular flexibility index (Phi) is 8.54. The molecule has 0 aliphatic heterocycles. The number of halogens is 1. The minimum Gasteiger partial charge on any atom is -0.211 e. The zero-order valence-corrected chi connectivity index (χ0v) is 13.6. The van der Waals surface area contributed by atoms with Gasteiger partial charge in [0.1, 0.15) is 10.7 Å². The molecule has 1 aromatic rings. The third kappa shape index (κ3) is 7.05. The zero-order valence-electron chi connectivity index (χ0n) is 12.8. The molecule has 0 fully saturated rings. The molecule has 0 atom stereocenters. The lowest BCUT2D eigenvalue weighted by Crippen LogP contribution is -2.25. The predicted octanol–water partition coefficient (Wildman–Crippen LogP) is 4.24. The van der Waals surface area contributed by atoms with Crippen LogP contribution in [0, 0.1) is 5.82 Å². The second-order valence-electron chi connectivity index (χ2n) is 5.30. The highest BCUT2D eigenvalue weighted by Crippen LogP contribution is 2.13. The Balaban J connectivity index is 2.19. The minimum absolute atomic E-state index is 0.274. The molecule has 0 aliphatic carbocycles. The van der Waals surface area contributed by atoms with Crippen LogP contribution in [0.2, 0.25) is 0 Å². The van der Waals surface area contributed by atoms with Gasteiger partial charge in [0.05, 0.1) is 0 Å². The number of rotatable bonds is 11. The lowest BCUT2D eigenvalue weighted by atomic mass is 10.1. The number of hydrogen-bond acceptors (Lipinski definition) is 2. The van der Waals surface area contributed by atoms with Gasteiger partial charge in [-0.3, -0.25) is 0 Å². The lowest BCUT2D eigenvalue weighted by molar-refractivity contribution is 0.547.